The number of carbonyl (C=O) groups excluding carboxylic acids is 1. The molecule has 0 aliphatic heterocycles. The van der Waals surface area contributed by atoms with Crippen molar-refractivity contribution in [3.05, 3.63) is 65.2 Å². The van der Waals surface area contributed by atoms with Gasteiger partial charge in [-0.2, -0.15) is 0 Å². The maximum Gasteiger partial charge on any atom is 0.295 e. The zero-order chi connectivity index (χ0) is 22.1. The Morgan fingerprint density at radius 2 is 1.80 bits per heavy atom. The highest BCUT2D eigenvalue weighted by Crippen LogP contribution is 2.24. The summed E-state index contributed by atoms with van der Waals surface area (Å²) in [5, 5.41) is 7.13. The third-order valence-corrected chi connectivity index (χ3v) is 5.14. The molecule has 1 heterocycles. The molecule has 1 aromatic heterocycles. The van der Waals surface area contributed by atoms with Crippen molar-refractivity contribution in [1.29, 1.82) is 0 Å². The zero-order valence-electron chi connectivity index (χ0n) is 17.6. The maximum atomic E-state index is 12.7. The Balaban J connectivity index is 1.88. The third-order valence-electron chi connectivity index (χ3n) is 4.55. The second kappa shape index (κ2) is 8.27. The van der Waals surface area contributed by atoms with Crippen LogP contribution >= 0.6 is 0 Å². The highest BCUT2D eigenvalue weighted by molar-refractivity contribution is 7.92. The Hall–Kier alpha value is -3.20. The van der Waals surface area contributed by atoms with E-state index in [-0.39, 0.29) is 11.7 Å². The van der Waals surface area contributed by atoms with Crippen molar-refractivity contribution in [3.63, 3.8) is 0 Å². The number of rotatable bonds is 6. The van der Waals surface area contributed by atoms with Crippen molar-refractivity contribution in [2.24, 2.45) is 0 Å². The number of carbonyl (C=O) groups is 1. The first-order valence-electron chi connectivity index (χ1n) is 9.48. The number of anilines is 2. The van der Waals surface area contributed by atoms with Gasteiger partial charge in [-0.25, -0.2) is 18.1 Å². The minimum atomic E-state index is -3.43. The molecule has 0 saturated heterocycles. The number of hydrogen-bond acceptors (Lipinski definition) is 5. The molecule has 0 aliphatic carbocycles. The molecule has 1 amide bonds. The van der Waals surface area contributed by atoms with Gasteiger partial charge in [0.1, 0.15) is 5.82 Å². The second-order valence-electron chi connectivity index (χ2n) is 7.47. The van der Waals surface area contributed by atoms with Gasteiger partial charge in [-0.15, -0.1) is 5.10 Å². The largest absolute Gasteiger partial charge is 0.319 e. The minimum absolute atomic E-state index is 0.0317. The molecular formula is C21H25N5O3S. The van der Waals surface area contributed by atoms with E-state index in [1.807, 2.05) is 24.3 Å². The summed E-state index contributed by atoms with van der Waals surface area (Å²) in [7, 11) is -3.43. The molecule has 30 heavy (non-hydrogen) atoms. The van der Waals surface area contributed by atoms with Crippen LogP contribution in [-0.4, -0.2) is 35.3 Å². The Bertz CT molecular complexity index is 1200. The lowest BCUT2D eigenvalue weighted by atomic mass is 10.0. The fraction of sp³-hybridized carbons (Fsp3) is 0.286. The lowest BCUT2D eigenvalue weighted by molar-refractivity contribution is 0.101. The summed E-state index contributed by atoms with van der Waals surface area (Å²) < 4.78 is 27.2. The van der Waals surface area contributed by atoms with Gasteiger partial charge in [0.05, 0.1) is 17.6 Å². The molecule has 2 N–H and O–H groups in total. The average molecular weight is 428 g/mol. The molecule has 0 radical (unpaired) electrons. The second-order valence-corrected chi connectivity index (χ2v) is 9.21. The monoisotopic (exact) mass is 427 g/mol. The van der Waals surface area contributed by atoms with Gasteiger partial charge in [0, 0.05) is 5.69 Å². The summed E-state index contributed by atoms with van der Waals surface area (Å²) in [6.07, 6.45) is 1.08. The van der Waals surface area contributed by atoms with Crippen LogP contribution < -0.4 is 10.0 Å². The van der Waals surface area contributed by atoms with E-state index in [0.29, 0.717) is 17.2 Å². The number of aryl methyl sites for hydroxylation is 2. The van der Waals surface area contributed by atoms with Gasteiger partial charge >= 0.3 is 0 Å². The van der Waals surface area contributed by atoms with Crippen molar-refractivity contribution in [2.75, 3.05) is 16.3 Å². The number of benzene rings is 2. The first-order chi connectivity index (χ1) is 14.0. The molecule has 9 heteroatoms. The molecule has 2 aromatic carbocycles. The molecule has 0 fully saturated rings. The summed E-state index contributed by atoms with van der Waals surface area (Å²) in [6, 6.07) is 12.8. The standard InChI is InChI=1S/C21H25N5O3S/c1-13(2)17-8-6-7-9-19(17)26-15(4)22-20(24-26)21(27)23-16-11-10-14(3)18(12-16)25-30(5,28)29/h6-13,25H,1-5H3,(H,23,27). The smallest absolute Gasteiger partial charge is 0.295 e. The molecule has 0 aliphatic rings. The van der Waals surface area contributed by atoms with Crippen LogP contribution in [-0.2, 0) is 10.0 Å². The molecule has 0 atom stereocenters. The Morgan fingerprint density at radius 3 is 2.47 bits per heavy atom. The lowest BCUT2D eigenvalue weighted by Crippen LogP contribution is -2.15. The fourth-order valence-corrected chi connectivity index (χ4v) is 3.70. The highest BCUT2D eigenvalue weighted by Gasteiger charge is 2.18. The Labute approximate surface area is 176 Å². The number of amides is 1. The number of aromatic nitrogens is 3. The minimum Gasteiger partial charge on any atom is -0.319 e. The maximum absolute atomic E-state index is 12.7. The van der Waals surface area contributed by atoms with Gasteiger partial charge in [-0.1, -0.05) is 38.1 Å². The van der Waals surface area contributed by atoms with Gasteiger partial charge in [0.15, 0.2) is 0 Å². The predicted molar refractivity (Wildman–Crippen MR) is 118 cm³/mol. The average Bonchev–Trinajstić information content (AvgIpc) is 3.05. The first kappa shape index (κ1) is 21.5. The number of sulfonamides is 1. The van der Waals surface area contributed by atoms with Crippen molar-refractivity contribution in [3.8, 4) is 5.69 Å². The predicted octanol–water partition coefficient (Wildman–Crippen LogP) is 3.63. The highest BCUT2D eigenvalue weighted by atomic mass is 32.2. The van der Waals surface area contributed by atoms with Crippen LogP contribution in [0.5, 0.6) is 0 Å². The lowest BCUT2D eigenvalue weighted by Gasteiger charge is -2.12. The molecule has 3 aromatic rings. The SMILES string of the molecule is Cc1ccc(NC(=O)c2nc(C)n(-c3ccccc3C(C)C)n2)cc1NS(C)(=O)=O. The molecule has 3 rings (SSSR count). The number of nitrogens with zero attached hydrogens (tertiary/aromatic N) is 3. The molecule has 0 bridgehead atoms. The summed E-state index contributed by atoms with van der Waals surface area (Å²) in [5.74, 6) is 0.435. The molecular weight excluding hydrogens is 402 g/mol. The van der Waals surface area contributed by atoms with E-state index in [0.717, 1.165) is 23.1 Å². The van der Waals surface area contributed by atoms with Crippen molar-refractivity contribution in [1.82, 2.24) is 14.8 Å². The van der Waals surface area contributed by atoms with Crippen molar-refractivity contribution >= 4 is 27.3 Å². The van der Waals surface area contributed by atoms with Crippen molar-refractivity contribution in [2.45, 2.75) is 33.6 Å². The summed E-state index contributed by atoms with van der Waals surface area (Å²) in [5.41, 5.74) is 3.56. The summed E-state index contributed by atoms with van der Waals surface area (Å²) >= 11 is 0. The number of para-hydroxylation sites is 1. The molecule has 0 saturated carbocycles. The summed E-state index contributed by atoms with van der Waals surface area (Å²) in [4.78, 5) is 17.0. The van der Waals surface area contributed by atoms with Crippen molar-refractivity contribution < 1.29 is 13.2 Å². The summed E-state index contributed by atoms with van der Waals surface area (Å²) in [6.45, 7) is 7.76. The van der Waals surface area contributed by atoms with Crippen LogP contribution in [0.3, 0.4) is 0 Å². The van der Waals surface area contributed by atoms with E-state index in [4.69, 9.17) is 0 Å². The van der Waals surface area contributed by atoms with Gasteiger partial charge in [0.25, 0.3) is 5.91 Å². The van der Waals surface area contributed by atoms with E-state index < -0.39 is 15.9 Å². The van der Waals surface area contributed by atoms with Gasteiger partial charge < -0.3 is 5.32 Å². The van der Waals surface area contributed by atoms with Gasteiger partial charge in [-0.3, -0.25) is 9.52 Å². The Kier molecular flexibility index (Phi) is 5.93. The van der Waals surface area contributed by atoms with E-state index in [9.17, 15) is 13.2 Å². The van der Waals surface area contributed by atoms with E-state index in [2.05, 4.69) is 34.0 Å². The molecule has 0 spiro atoms. The molecule has 8 nitrogen and oxygen atoms in total. The molecule has 0 unspecified atom stereocenters. The van der Waals surface area contributed by atoms with Crippen LogP contribution in [0.15, 0.2) is 42.5 Å². The van der Waals surface area contributed by atoms with Crippen LogP contribution in [0, 0.1) is 13.8 Å². The van der Waals surface area contributed by atoms with Crippen LogP contribution in [0.25, 0.3) is 5.69 Å². The normalized spacial score (nSPS) is 11.5. The zero-order valence-corrected chi connectivity index (χ0v) is 18.4. The van der Waals surface area contributed by atoms with Crippen LogP contribution in [0.4, 0.5) is 11.4 Å². The number of hydrogen-bond donors (Lipinski definition) is 2. The fourth-order valence-electron chi connectivity index (χ4n) is 3.08. The van der Waals surface area contributed by atoms with E-state index >= 15 is 0 Å². The topological polar surface area (TPSA) is 106 Å². The van der Waals surface area contributed by atoms with Crippen LogP contribution in [0.1, 0.15) is 47.3 Å². The van der Waals surface area contributed by atoms with Gasteiger partial charge in [0.2, 0.25) is 15.8 Å². The molecule has 158 valence electrons. The van der Waals surface area contributed by atoms with E-state index in [1.54, 1.807) is 36.7 Å². The van der Waals surface area contributed by atoms with E-state index in [1.165, 1.54) is 0 Å². The van der Waals surface area contributed by atoms with Gasteiger partial charge in [-0.05, 0) is 49.1 Å². The quantitative estimate of drug-likeness (QED) is 0.625. The first-order valence-corrected chi connectivity index (χ1v) is 11.4. The third kappa shape index (κ3) is 4.85. The Morgan fingerprint density at radius 1 is 1.10 bits per heavy atom. The number of nitrogens with one attached hydrogen (secondary N) is 2. The van der Waals surface area contributed by atoms with Crippen LogP contribution in [0.2, 0.25) is 0 Å².